The standard InChI is InChI=1S/C30H35N3O5/c1-3-37-27-21-26(33-15-17-36-18-16-33)28(38-4-2)19-25(27)31-29(34)20-24(22-11-7-5-8-12-22)32-30(35)23-13-9-6-10-14-23/h5-14,19,21,24H,3-4,15-18,20H2,1-2H3,(H,31,34)(H,32,35)/t24-/m1/s1. The second kappa shape index (κ2) is 13.5. The fourth-order valence-electron chi connectivity index (χ4n) is 4.40. The van der Waals surface area contributed by atoms with E-state index in [0.717, 1.165) is 24.3 Å². The molecule has 2 N–H and O–H groups in total. The lowest BCUT2D eigenvalue weighted by Crippen LogP contribution is -2.36. The summed E-state index contributed by atoms with van der Waals surface area (Å²) in [6.45, 7) is 7.54. The van der Waals surface area contributed by atoms with E-state index in [1.165, 1.54) is 0 Å². The average molecular weight is 518 g/mol. The smallest absolute Gasteiger partial charge is 0.251 e. The number of benzene rings is 3. The Hall–Kier alpha value is -4.04. The van der Waals surface area contributed by atoms with Crippen LogP contribution in [0.4, 0.5) is 11.4 Å². The molecule has 1 aliphatic rings. The van der Waals surface area contributed by atoms with Crippen molar-refractivity contribution in [1.29, 1.82) is 0 Å². The number of hydrogen-bond donors (Lipinski definition) is 2. The number of morpholine rings is 1. The third-order valence-corrected chi connectivity index (χ3v) is 6.22. The number of anilines is 2. The Kier molecular flexibility index (Phi) is 9.59. The van der Waals surface area contributed by atoms with Crippen LogP contribution >= 0.6 is 0 Å². The van der Waals surface area contributed by atoms with Gasteiger partial charge in [-0.05, 0) is 31.5 Å². The number of ether oxygens (including phenoxy) is 3. The minimum absolute atomic E-state index is 0.0450. The molecular formula is C30H35N3O5. The number of carbonyl (C=O) groups excluding carboxylic acids is 2. The summed E-state index contributed by atoms with van der Waals surface area (Å²) >= 11 is 0. The molecule has 8 heteroatoms. The topological polar surface area (TPSA) is 89.1 Å². The minimum Gasteiger partial charge on any atom is -0.492 e. The lowest BCUT2D eigenvalue weighted by atomic mass is 10.0. The van der Waals surface area contributed by atoms with E-state index in [0.29, 0.717) is 49.2 Å². The first kappa shape index (κ1) is 27.0. The lowest BCUT2D eigenvalue weighted by Gasteiger charge is -2.31. The predicted octanol–water partition coefficient (Wildman–Crippen LogP) is 4.82. The quantitative estimate of drug-likeness (QED) is 0.379. The number of hydrogen-bond acceptors (Lipinski definition) is 6. The molecule has 0 spiro atoms. The Bertz CT molecular complexity index is 1200. The molecular weight excluding hydrogens is 482 g/mol. The summed E-state index contributed by atoms with van der Waals surface area (Å²) < 4.78 is 17.4. The molecule has 3 aromatic carbocycles. The SMILES string of the molecule is CCOc1cc(N2CCOCC2)c(OCC)cc1NC(=O)C[C@@H](NC(=O)c1ccccc1)c1ccccc1. The van der Waals surface area contributed by atoms with Crippen molar-refractivity contribution in [2.24, 2.45) is 0 Å². The molecule has 0 saturated carbocycles. The van der Waals surface area contributed by atoms with Gasteiger partial charge in [0.2, 0.25) is 5.91 Å². The molecule has 1 aliphatic heterocycles. The highest BCUT2D eigenvalue weighted by Crippen LogP contribution is 2.39. The van der Waals surface area contributed by atoms with Gasteiger partial charge in [-0.25, -0.2) is 0 Å². The van der Waals surface area contributed by atoms with E-state index in [1.54, 1.807) is 12.1 Å². The maximum atomic E-state index is 13.3. The van der Waals surface area contributed by atoms with Crippen molar-refractivity contribution in [2.75, 3.05) is 49.7 Å². The second-order valence-electron chi connectivity index (χ2n) is 8.84. The molecule has 3 aromatic rings. The van der Waals surface area contributed by atoms with Crippen LogP contribution in [0.3, 0.4) is 0 Å². The van der Waals surface area contributed by atoms with E-state index in [9.17, 15) is 9.59 Å². The Morgan fingerprint density at radius 3 is 2.18 bits per heavy atom. The van der Waals surface area contributed by atoms with Gasteiger partial charge >= 0.3 is 0 Å². The Balaban J connectivity index is 1.56. The monoisotopic (exact) mass is 517 g/mol. The zero-order valence-corrected chi connectivity index (χ0v) is 21.9. The zero-order valence-electron chi connectivity index (χ0n) is 21.9. The van der Waals surface area contributed by atoms with E-state index in [4.69, 9.17) is 14.2 Å². The Morgan fingerprint density at radius 2 is 1.53 bits per heavy atom. The first-order valence-corrected chi connectivity index (χ1v) is 13.1. The first-order valence-electron chi connectivity index (χ1n) is 13.1. The number of nitrogens with one attached hydrogen (secondary N) is 2. The van der Waals surface area contributed by atoms with Gasteiger partial charge in [-0.1, -0.05) is 48.5 Å². The largest absolute Gasteiger partial charge is 0.492 e. The third-order valence-electron chi connectivity index (χ3n) is 6.22. The molecule has 8 nitrogen and oxygen atoms in total. The van der Waals surface area contributed by atoms with Gasteiger partial charge in [0.1, 0.15) is 11.5 Å². The first-order chi connectivity index (χ1) is 18.6. The van der Waals surface area contributed by atoms with Crippen LogP contribution in [0.2, 0.25) is 0 Å². The normalized spacial score (nSPS) is 13.9. The summed E-state index contributed by atoms with van der Waals surface area (Å²) in [7, 11) is 0. The highest BCUT2D eigenvalue weighted by atomic mass is 16.5. The number of nitrogens with zero attached hydrogens (tertiary/aromatic N) is 1. The molecule has 4 rings (SSSR count). The molecule has 1 atom stereocenters. The van der Waals surface area contributed by atoms with Crippen LogP contribution in [0.25, 0.3) is 0 Å². The molecule has 0 unspecified atom stereocenters. The van der Waals surface area contributed by atoms with E-state index in [1.807, 2.05) is 74.5 Å². The predicted molar refractivity (Wildman–Crippen MR) is 148 cm³/mol. The second-order valence-corrected chi connectivity index (χ2v) is 8.84. The molecule has 2 amide bonds. The van der Waals surface area contributed by atoms with Gasteiger partial charge in [0.25, 0.3) is 5.91 Å². The highest BCUT2D eigenvalue weighted by Gasteiger charge is 2.23. The summed E-state index contributed by atoms with van der Waals surface area (Å²) in [5.74, 6) is 0.742. The molecule has 0 bridgehead atoms. The van der Waals surface area contributed by atoms with Crippen LogP contribution in [0, 0.1) is 0 Å². The van der Waals surface area contributed by atoms with Crippen molar-refractivity contribution in [3.63, 3.8) is 0 Å². The van der Waals surface area contributed by atoms with E-state index in [2.05, 4.69) is 15.5 Å². The summed E-state index contributed by atoms with van der Waals surface area (Å²) in [4.78, 5) is 28.5. The van der Waals surface area contributed by atoms with Crippen molar-refractivity contribution in [3.05, 3.63) is 83.9 Å². The summed E-state index contributed by atoms with van der Waals surface area (Å²) in [5.41, 5.74) is 2.81. The maximum Gasteiger partial charge on any atom is 0.251 e. The van der Waals surface area contributed by atoms with Crippen LogP contribution in [-0.4, -0.2) is 51.3 Å². The van der Waals surface area contributed by atoms with Gasteiger partial charge in [0.05, 0.1) is 50.3 Å². The van der Waals surface area contributed by atoms with E-state index >= 15 is 0 Å². The van der Waals surface area contributed by atoms with Crippen LogP contribution in [0.5, 0.6) is 11.5 Å². The average Bonchev–Trinajstić information content (AvgIpc) is 2.95. The van der Waals surface area contributed by atoms with Crippen molar-refractivity contribution >= 4 is 23.2 Å². The van der Waals surface area contributed by atoms with Crippen LogP contribution in [-0.2, 0) is 9.53 Å². The summed E-state index contributed by atoms with van der Waals surface area (Å²) in [6, 6.07) is 21.7. The molecule has 1 saturated heterocycles. The van der Waals surface area contributed by atoms with Gasteiger partial charge < -0.3 is 29.7 Å². The zero-order chi connectivity index (χ0) is 26.7. The van der Waals surface area contributed by atoms with Crippen LogP contribution in [0.1, 0.15) is 42.2 Å². The number of amides is 2. The molecule has 0 aromatic heterocycles. The highest BCUT2D eigenvalue weighted by molar-refractivity contribution is 5.96. The van der Waals surface area contributed by atoms with Gasteiger partial charge in [-0.3, -0.25) is 9.59 Å². The minimum atomic E-state index is -0.515. The van der Waals surface area contributed by atoms with E-state index in [-0.39, 0.29) is 18.2 Å². The number of rotatable bonds is 11. The van der Waals surface area contributed by atoms with Crippen LogP contribution in [0.15, 0.2) is 72.8 Å². The van der Waals surface area contributed by atoms with E-state index < -0.39 is 6.04 Å². The van der Waals surface area contributed by atoms with Crippen molar-refractivity contribution in [3.8, 4) is 11.5 Å². The third kappa shape index (κ3) is 7.04. The Morgan fingerprint density at radius 1 is 0.895 bits per heavy atom. The summed E-state index contributed by atoms with van der Waals surface area (Å²) in [6.07, 6.45) is 0.0450. The fraction of sp³-hybridized carbons (Fsp3) is 0.333. The van der Waals surface area contributed by atoms with Gasteiger partial charge in [0.15, 0.2) is 0 Å². The van der Waals surface area contributed by atoms with Crippen molar-refractivity contribution in [1.82, 2.24) is 5.32 Å². The molecule has 38 heavy (non-hydrogen) atoms. The molecule has 0 aliphatic carbocycles. The number of carbonyl (C=O) groups is 2. The fourth-order valence-corrected chi connectivity index (χ4v) is 4.40. The molecule has 1 fully saturated rings. The molecule has 0 radical (unpaired) electrons. The lowest BCUT2D eigenvalue weighted by molar-refractivity contribution is -0.116. The molecule has 1 heterocycles. The van der Waals surface area contributed by atoms with Gasteiger partial charge in [0, 0.05) is 30.8 Å². The Labute approximate surface area is 223 Å². The van der Waals surface area contributed by atoms with Crippen LogP contribution < -0.4 is 25.0 Å². The van der Waals surface area contributed by atoms with Crippen molar-refractivity contribution in [2.45, 2.75) is 26.3 Å². The van der Waals surface area contributed by atoms with Crippen molar-refractivity contribution < 1.29 is 23.8 Å². The maximum absolute atomic E-state index is 13.3. The summed E-state index contributed by atoms with van der Waals surface area (Å²) in [5, 5.41) is 6.01. The van der Waals surface area contributed by atoms with Gasteiger partial charge in [-0.2, -0.15) is 0 Å². The molecule has 200 valence electrons. The van der Waals surface area contributed by atoms with Gasteiger partial charge in [-0.15, -0.1) is 0 Å².